The molecule has 0 bridgehead atoms. The van der Waals surface area contributed by atoms with Crippen molar-refractivity contribution in [3.63, 3.8) is 0 Å². The Hall–Kier alpha value is -2.96. The number of benzene rings is 2. The van der Waals surface area contributed by atoms with Crippen molar-refractivity contribution in [2.45, 2.75) is 26.2 Å². The van der Waals surface area contributed by atoms with Gasteiger partial charge in [0.25, 0.3) is 0 Å². The van der Waals surface area contributed by atoms with Crippen LogP contribution < -0.4 is 4.74 Å². The molecule has 4 aromatic rings. The number of hydrogen-bond donors (Lipinski definition) is 1. The molecule has 2 heterocycles. The average molecular weight is 340 g/mol. The second kappa shape index (κ2) is 5.02. The molecular weight excluding hydrogens is 323 g/mol. The van der Waals surface area contributed by atoms with Crippen LogP contribution in [0.15, 0.2) is 24.4 Å². The topological polar surface area (TPSA) is 73.1 Å². The third-order valence-corrected chi connectivity index (χ3v) is 4.30. The number of rotatable bonds is 1. The molecule has 0 spiro atoms. The Labute approximate surface area is 142 Å². The lowest BCUT2D eigenvalue weighted by atomic mass is 9.96. The normalized spacial score (nSPS) is 12.4. The highest BCUT2D eigenvalue weighted by Crippen LogP contribution is 2.39. The molecule has 0 unspecified atom stereocenters. The van der Waals surface area contributed by atoms with Gasteiger partial charge < -0.3 is 9.94 Å². The molecule has 25 heavy (non-hydrogen) atoms. The van der Waals surface area contributed by atoms with Crippen LogP contribution in [-0.2, 0) is 5.41 Å². The number of ether oxygens (including phenoxy) is 1. The van der Waals surface area contributed by atoms with E-state index in [9.17, 15) is 9.60 Å². The molecular formula is C18H17FN4O2. The number of nitrogens with zero attached hydrogens (tertiary/aromatic N) is 4. The zero-order valence-corrected chi connectivity index (χ0v) is 14.3. The summed E-state index contributed by atoms with van der Waals surface area (Å²) in [5.41, 5.74) is 0.717. The molecule has 0 fully saturated rings. The lowest BCUT2D eigenvalue weighted by Crippen LogP contribution is -2.17. The number of imidazole rings is 1. The molecule has 4 rings (SSSR count). The maximum Gasteiger partial charge on any atom is 0.241 e. The zero-order valence-electron chi connectivity index (χ0n) is 14.3. The predicted molar refractivity (Wildman–Crippen MR) is 92.7 cm³/mol. The number of aromatic nitrogens is 4. The van der Waals surface area contributed by atoms with Crippen molar-refractivity contribution in [2.24, 2.45) is 0 Å². The largest absolute Gasteiger partial charge is 0.479 e. The molecule has 6 nitrogen and oxygen atoms in total. The van der Waals surface area contributed by atoms with Crippen molar-refractivity contribution in [2.75, 3.05) is 7.11 Å². The molecule has 7 heteroatoms. The van der Waals surface area contributed by atoms with Gasteiger partial charge in [0.2, 0.25) is 5.88 Å². The van der Waals surface area contributed by atoms with Crippen LogP contribution in [0.4, 0.5) is 4.39 Å². The lowest BCUT2D eigenvalue weighted by molar-refractivity contribution is 0.176. The van der Waals surface area contributed by atoms with E-state index < -0.39 is 0 Å². The highest BCUT2D eigenvalue weighted by molar-refractivity contribution is 6.24. The van der Waals surface area contributed by atoms with Gasteiger partial charge >= 0.3 is 0 Å². The van der Waals surface area contributed by atoms with Crippen molar-refractivity contribution in [3.8, 4) is 5.88 Å². The Kier molecular flexibility index (Phi) is 3.12. The molecule has 0 saturated carbocycles. The summed E-state index contributed by atoms with van der Waals surface area (Å²) in [5, 5.41) is 21.3. The fourth-order valence-electron chi connectivity index (χ4n) is 3.21. The van der Waals surface area contributed by atoms with Gasteiger partial charge in [-0.15, -0.1) is 5.10 Å². The predicted octanol–water partition coefficient (Wildman–Crippen LogP) is 3.82. The van der Waals surface area contributed by atoms with E-state index in [0.29, 0.717) is 38.4 Å². The Morgan fingerprint density at radius 2 is 1.92 bits per heavy atom. The summed E-state index contributed by atoms with van der Waals surface area (Å²) in [6.45, 7) is 5.89. The molecule has 2 aromatic carbocycles. The van der Waals surface area contributed by atoms with E-state index >= 15 is 0 Å². The minimum absolute atomic E-state index is 0.272. The Morgan fingerprint density at radius 3 is 2.60 bits per heavy atom. The molecule has 0 radical (unpaired) electrons. The molecule has 2 aromatic heterocycles. The van der Waals surface area contributed by atoms with Gasteiger partial charge in [-0.05, 0) is 18.2 Å². The summed E-state index contributed by atoms with van der Waals surface area (Å²) < 4.78 is 20.3. The van der Waals surface area contributed by atoms with E-state index in [1.807, 2.05) is 20.8 Å². The minimum atomic E-state index is -0.378. The van der Waals surface area contributed by atoms with Crippen molar-refractivity contribution in [3.05, 3.63) is 36.0 Å². The van der Waals surface area contributed by atoms with E-state index in [1.165, 1.54) is 25.4 Å². The maximum atomic E-state index is 13.9. The van der Waals surface area contributed by atoms with Crippen LogP contribution in [0, 0.1) is 5.82 Å². The van der Waals surface area contributed by atoms with E-state index in [1.54, 1.807) is 6.07 Å². The number of methoxy groups -OCH3 is 1. The van der Waals surface area contributed by atoms with Gasteiger partial charge in [0, 0.05) is 21.6 Å². The molecule has 0 saturated heterocycles. The average Bonchev–Trinajstić information content (AvgIpc) is 2.92. The van der Waals surface area contributed by atoms with Gasteiger partial charge in [0.05, 0.1) is 18.7 Å². The molecule has 0 aliphatic carbocycles. The fraction of sp³-hybridized carbons (Fsp3) is 0.278. The Morgan fingerprint density at radius 1 is 1.16 bits per heavy atom. The van der Waals surface area contributed by atoms with Gasteiger partial charge in [-0.3, -0.25) is 0 Å². The highest BCUT2D eigenvalue weighted by atomic mass is 19.1. The van der Waals surface area contributed by atoms with Gasteiger partial charge in [-0.1, -0.05) is 20.8 Å². The quantitative estimate of drug-likeness (QED) is 0.421. The van der Waals surface area contributed by atoms with Crippen LogP contribution in [0.3, 0.4) is 0 Å². The standard InChI is InChI=1S/C18H17FN4O2/c1-18(2,3)17-21-14-10-6-5-9(19)7-11(10)13-12(15(14)23(17)24)8-20-22-16(13)25-4/h5-8,24H,1-4H3. The summed E-state index contributed by atoms with van der Waals surface area (Å²) in [6.07, 6.45) is 1.53. The van der Waals surface area contributed by atoms with E-state index in [2.05, 4.69) is 15.2 Å². The first-order valence-corrected chi connectivity index (χ1v) is 7.85. The fourth-order valence-corrected chi connectivity index (χ4v) is 3.21. The van der Waals surface area contributed by atoms with Crippen LogP contribution >= 0.6 is 0 Å². The zero-order chi connectivity index (χ0) is 17.9. The second-order valence-corrected chi connectivity index (χ2v) is 7.03. The molecule has 0 amide bonds. The summed E-state index contributed by atoms with van der Waals surface area (Å²) in [4.78, 5) is 4.65. The van der Waals surface area contributed by atoms with Gasteiger partial charge in [-0.2, -0.15) is 9.83 Å². The van der Waals surface area contributed by atoms with E-state index in [0.717, 1.165) is 4.73 Å². The van der Waals surface area contributed by atoms with Gasteiger partial charge in [0.1, 0.15) is 16.9 Å². The van der Waals surface area contributed by atoms with Crippen molar-refractivity contribution < 1.29 is 14.3 Å². The van der Waals surface area contributed by atoms with Crippen LogP contribution in [-0.4, -0.2) is 32.2 Å². The van der Waals surface area contributed by atoms with E-state index in [-0.39, 0.29) is 17.1 Å². The SMILES string of the molecule is COc1nncc2c1c1cc(F)ccc1c1nc(C(C)(C)C)n(O)c21. The molecule has 1 N–H and O–H groups in total. The highest BCUT2D eigenvalue weighted by Gasteiger charge is 2.26. The summed E-state index contributed by atoms with van der Waals surface area (Å²) in [5.74, 6) is 0.413. The number of halogens is 1. The summed E-state index contributed by atoms with van der Waals surface area (Å²) in [7, 11) is 1.48. The maximum absolute atomic E-state index is 13.9. The van der Waals surface area contributed by atoms with Crippen molar-refractivity contribution >= 4 is 32.6 Å². The van der Waals surface area contributed by atoms with Crippen molar-refractivity contribution in [1.29, 1.82) is 0 Å². The van der Waals surface area contributed by atoms with Crippen LogP contribution in [0.25, 0.3) is 32.6 Å². The monoisotopic (exact) mass is 340 g/mol. The molecule has 128 valence electrons. The third-order valence-electron chi connectivity index (χ3n) is 4.30. The van der Waals surface area contributed by atoms with Gasteiger partial charge in [0.15, 0.2) is 5.82 Å². The van der Waals surface area contributed by atoms with Gasteiger partial charge in [-0.25, -0.2) is 9.37 Å². The minimum Gasteiger partial charge on any atom is -0.479 e. The first kappa shape index (κ1) is 15.6. The van der Waals surface area contributed by atoms with Crippen molar-refractivity contribution in [1.82, 2.24) is 19.9 Å². The number of hydrogen-bond acceptors (Lipinski definition) is 5. The lowest BCUT2D eigenvalue weighted by Gasteiger charge is -2.16. The van der Waals surface area contributed by atoms with Crippen LogP contribution in [0.2, 0.25) is 0 Å². The smallest absolute Gasteiger partial charge is 0.241 e. The molecule has 0 atom stereocenters. The van der Waals surface area contributed by atoms with Crippen LogP contribution in [0.1, 0.15) is 26.6 Å². The third kappa shape index (κ3) is 2.12. The first-order valence-electron chi connectivity index (χ1n) is 7.85. The van der Waals surface area contributed by atoms with Crippen LogP contribution in [0.5, 0.6) is 5.88 Å². The first-order chi connectivity index (χ1) is 11.8. The Balaban J connectivity index is 2.36. The molecule has 0 aliphatic rings. The van der Waals surface area contributed by atoms with E-state index in [4.69, 9.17) is 4.74 Å². The number of fused-ring (bicyclic) bond motifs is 6. The summed E-state index contributed by atoms with van der Waals surface area (Å²) >= 11 is 0. The summed E-state index contributed by atoms with van der Waals surface area (Å²) in [6, 6.07) is 4.46. The second-order valence-electron chi connectivity index (χ2n) is 7.03. The Bertz CT molecular complexity index is 1150. The molecule has 0 aliphatic heterocycles.